The van der Waals surface area contributed by atoms with Crippen LogP contribution < -0.4 is 10.6 Å². The van der Waals surface area contributed by atoms with Gasteiger partial charge in [-0.25, -0.2) is 18.7 Å². The van der Waals surface area contributed by atoms with E-state index in [1.54, 1.807) is 6.92 Å². The number of rotatable bonds is 4. The van der Waals surface area contributed by atoms with Gasteiger partial charge in [-0.05, 0) is 37.6 Å². The molecular formula is C19H16F2N4O. The summed E-state index contributed by atoms with van der Waals surface area (Å²) < 4.78 is 26.3. The van der Waals surface area contributed by atoms with Crippen molar-refractivity contribution in [3.63, 3.8) is 0 Å². The van der Waals surface area contributed by atoms with E-state index in [9.17, 15) is 13.6 Å². The Hall–Kier alpha value is -3.35. The number of anilines is 3. The molecule has 0 fully saturated rings. The van der Waals surface area contributed by atoms with E-state index >= 15 is 0 Å². The predicted octanol–water partition coefficient (Wildman–Crippen LogP) is 4.37. The van der Waals surface area contributed by atoms with Crippen molar-refractivity contribution in [1.82, 2.24) is 9.97 Å². The minimum absolute atomic E-state index is 0.110. The first kappa shape index (κ1) is 17.5. The third-order valence-corrected chi connectivity index (χ3v) is 3.66. The van der Waals surface area contributed by atoms with Crippen LogP contribution in [0.4, 0.5) is 26.0 Å². The van der Waals surface area contributed by atoms with Gasteiger partial charge in [0, 0.05) is 23.5 Å². The molecule has 26 heavy (non-hydrogen) atoms. The summed E-state index contributed by atoms with van der Waals surface area (Å²) in [5.74, 6) is -1.70. The minimum Gasteiger partial charge on any atom is -0.340 e. The van der Waals surface area contributed by atoms with Crippen LogP contribution in [0.1, 0.15) is 21.9 Å². The van der Waals surface area contributed by atoms with Gasteiger partial charge in [-0.15, -0.1) is 0 Å². The molecule has 0 saturated heterocycles. The number of halogens is 2. The average molecular weight is 354 g/mol. The van der Waals surface area contributed by atoms with Gasteiger partial charge in [-0.1, -0.05) is 18.2 Å². The van der Waals surface area contributed by atoms with Gasteiger partial charge >= 0.3 is 0 Å². The Kier molecular flexibility index (Phi) is 4.88. The molecule has 0 spiro atoms. The van der Waals surface area contributed by atoms with Crippen LogP contribution in [0.25, 0.3) is 0 Å². The molecule has 0 saturated carbocycles. The number of benzene rings is 2. The number of carbonyl (C=O) groups excluding carboxylic acids is 1. The summed E-state index contributed by atoms with van der Waals surface area (Å²) in [6, 6.07) is 12.3. The van der Waals surface area contributed by atoms with Gasteiger partial charge in [0.2, 0.25) is 0 Å². The molecule has 0 aliphatic rings. The first-order chi connectivity index (χ1) is 12.4. The van der Waals surface area contributed by atoms with E-state index in [-0.39, 0.29) is 11.4 Å². The summed E-state index contributed by atoms with van der Waals surface area (Å²) in [4.78, 5) is 20.8. The standard InChI is InChI=1S/C19H16F2N4O/c1-11-5-3-4-6-16(11)25-18-10-17(22-12(2)23-18)19(26)24-13-7-8-14(20)15(21)9-13/h3-10H,1-2H3,(H,24,26)(H,22,23,25). The molecule has 0 aliphatic heterocycles. The quantitative estimate of drug-likeness (QED) is 0.730. The van der Waals surface area contributed by atoms with Crippen molar-refractivity contribution in [1.29, 1.82) is 0 Å². The van der Waals surface area contributed by atoms with E-state index in [2.05, 4.69) is 20.6 Å². The number of carbonyl (C=O) groups is 1. The number of hydrogen-bond donors (Lipinski definition) is 2. The monoisotopic (exact) mass is 354 g/mol. The van der Waals surface area contributed by atoms with Crippen LogP contribution in [-0.2, 0) is 0 Å². The summed E-state index contributed by atoms with van der Waals surface area (Å²) >= 11 is 0. The van der Waals surface area contributed by atoms with Gasteiger partial charge in [0.05, 0.1) is 0 Å². The zero-order chi connectivity index (χ0) is 18.7. The number of aryl methyl sites for hydroxylation is 2. The fourth-order valence-electron chi connectivity index (χ4n) is 2.37. The van der Waals surface area contributed by atoms with Crippen LogP contribution in [-0.4, -0.2) is 15.9 Å². The van der Waals surface area contributed by atoms with Crippen LogP contribution in [0, 0.1) is 25.5 Å². The summed E-state index contributed by atoms with van der Waals surface area (Å²) in [7, 11) is 0. The Morgan fingerprint density at radius 3 is 2.46 bits per heavy atom. The number of amides is 1. The molecule has 2 aromatic carbocycles. The Bertz CT molecular complexity index is 976. The normalized spacial score (nSPS) is 10.5. The van der Waals surface area contributed by atoms with Crippen molar-refractivity contribution in [2.24, 2.45) is 0 Å². The van der Waals surface area contributed by atoms with Crippen LogP contribution in [0.15, 0.2) is 48.5 Å². The highest BCUT2D eigenvalue weighted by Crippen LogP contribution is 2.20. The molecule has 0 aliphatic carbocycles. The molecule has 7 heteroatoms. The molecule has 2 N–H and O–H groups in total. The van der Waals surface area contributed by atoms with Crippen molar-refractivity contribution < 1.29 is 13.6 Å². The van der Waals surface area contributed by atoms with Crippen LogP contribution in [0.3, 0.4) is 0 Å². The maximum absolute atomic E-state index is 13.3. The predicted molar refractivity (Wildman–Crippen MR) is 95.5 cm³/mol. The number of nitrogens with one attached hydrogen (secondary N) is 2. The molecule has 0 atom stereocenters. The number of aromatic nitrogens is 2. The van der Waals surface area contributed by atoms with Gasteiger partial charge in [-0.2, -0.15) is 0 Å². The second kappa shape index (κ2) is 7.26. The molecule has 3 rings (SSSR count). The van der Waals surface area contributed by atoms with Gasteiger partial charge in [0.25, 0.3) is 5.91 Å². The second-order valence-electron chi connectivity index (χ2n) is 5.71. The SMILES string of the molecule is Cc1nc(Nc2ccccc2C)cc(C(=O)Nc2ccc(F)c(F)c2)n1. The van der Waals surface area contributed by atoms with Crippen molar-refractivity contribution in [2.75, 3.05) is 10.6 Å². The molecule has 0 radical (unpaired) electrons. The van der Waals surface area contributed by atoms with E-state index in [1.165, 1.54) is 12.1 Å². The molecule has 1 amide bonds. The van der Waals surface area contributed by atoms with Crippen LogP contribution >= 0.6 is 0 Å². The molecule has 1 heterocycles. The van der Waals surface area contributed by atoms with Crippen molar-refractivity contribution in [2.45, 2.75) is 13.8 Å². The molecule has 1 aromatic heterocycles. The lowest BCUT2D eigenvalue weighted by Gasteiger charge is -2.11. The minimum atomic E-state index is -1.04. The van der Waals surface area contributed by atoms with Crippen molar-refractivity contribution in [3.05, 3.63) is 77.2 Å². The number of hydrogen-bond acceptors (Lipinski definition) is 4. The Balaban J connectivity index is 1.83. The molecule has 3 aromatic rings. The Labute approximate surface area is 149 Å². The fraction of sp³-hybridized carbons (Fsp3) is 0.105. The second-order valence-corrected chi connectivity index (χ2v) is 5.71. The van der Waals surface area contributed by atoms with Gasteiger partial charge in [-0.3, -0.25) is 4.79 Å². The van der Waals surface area contributed by atoms with E-state index in [0.717, 1.165) is 23.4 Å². The molecule has 132 valence electrons. The summed E-state index contributed by atoms with van der Waals surface area (Å²) in [6.45, 7) is 3.62. The maximum Gasteiger partial charge on any atom is 0.274 e. The summed E-state index contributed by atoms with van der Waals surface area (Å²) in [5, 5.41) is 5.64. The lowest BCUT2D eigenvalue weighted by molar-refractivity contribution is 0.102. The number of nitrogens with zero attached hydrogens (tertiary/aromatic N) is 2. The molecule has 5 nitrogen and oxygen atoms in total. The molecular weight excluding hydrogens is 338 g/mol. The van der Waals surface area contributed by atoms with E-state index in [0.29, 0.717) is 11.6 Å². The summed E-state index contributed by atoms with van der Waals surface area (Å²) in [6.07, 6.45) is 0. The van der Waals surface area contributed by atoms with Gasteiger partial charge in [0.1, 0.15) is 17.3 Å². The highest BCUT2D eigenvalue weighted by Gasteiger charge is 2.13. The van der Waals surface area contributed by atoms with Gasteiger partial charge in [0.15, 0.2) is 11.6 Å². The highest BCUT2D eigenvalue weighted by atomic mass is 19.2. The first-order valence-electron chi connectivity index (χ1n) is 7.87. The molecule has 0 unspecified atom stereocenters. The highest BCUT2D eigenvalue weighted by molar-refractivity contribution is 6.03. The average Bonchev–Trinajstić information content (AvgIpc) is 2.60. The van der Waals surface area contributed by atoms with Crippen molar-refractivity contribution >= 4 is 23.1 Å². The zero-order valence-electron chi connectivity index (χ0n) is 14.2. The maximum atomic E-state index is 13.3. The van der Waals surface area contributed by atoms with E-state index in [1.807, 2.05) is 31.2 Å². The van der Waals surface area contributed by atoms with E-state index < -0.39 is 17.5 Å². The van der Waals surface area contributed by atoms with E-state index in [4.69, 9.17) is 0 Å². The largest absolute Gasteiger partial charge is 0.340 e. The Morgan fingerprint density at radius 1 is 0.962 bits per heavy atom. The Morgan fingerprint density at radius 2 is 1.73 bits per heavy atom. The van der Waals surface area contributed by atoms with Gasteiger partial charge < -0.3 is 10.6 Å². The zero-order valence-corrected chi connectivity index (χ0v) is 14.2. The van der Waals surface area contributed by atoms with Crippen LogP contribution in [0.2, 0.25) is 0 Å². The lowest BCUT2D eigenvalue weighted by Crippen LogP contribution is -2.15. The first-order valence-corrected chi connectivity index (χ1v) is 7.87. The van der Waals surface area contributed by atoms with Crippen molar-refractivity contribution in [3.8, 4) is 0 Å². The fourth-order valence-corrected chi connectivity index (χ4v) is 2.37. The molecule has 0 bridgehead atoms. The lowest BCUT2D eigenvalue weighted by atomic mass is 10.2. The summed E-state index contributed by atoms with van der Waals surface area (Å²) in [5.41, 5.74) is 2.13. The third-order valence-electron chi connectivity index (χ3n) is 3.66. The van der Waals surface area contributed by atoms with Crippen LogP contribution in [0.5, 0.6) is 0 Å². The smallest absolute Gasteiger partial charge is 0.274 e. The topological polar surface area (TPSA) is 66.9 Å². The number of para-hydroxylation sites is 1. The third kappa shape index (κ3) is 4.00.